The zero-order valence-corrected chi connectivity index (χ0v) is 10.4. The third-order valence-corrected chi connectivity index (χ3v) is 4.24. The third-order valence-electron chi connectivity index (χ3n) is 1.22. The summed E-state index contributed by atoms with van der Waals surface area (Å²) in [6.45, 7) is 0. The second-order valence-corrected chi connectivity index (χ2v) is 5.81. The summed E-state index contributed by atoms with van der Waals surface area (Å²) in [5, 5.41) is 3.06. The molecule has 0 saturated carbocycles. The Morgan fingerprint density at radius 2 is 1.79 bits per heavy atom. The van der Waals surface area contributed by atoms with Gasteiger partial charge in [-0.3, -0.25) is 0 Å². The number of thiocarbonyl (C=S) groups is 2. The monoisotopic (exact) mass is 260 g/mol. The SMILES string of the molecule is NC(=S)SSC(=S)Nc1ccccc1. The van der Waals surface area contributed by atoms with Crippen molar-refractivity contribution in [1.29, 1.82) is 0 Å². The molecule has 14 heavy (non-hydrogen) atoms. The first kappa shape index (κ1) is 11.8. The van der Waals surface area contributed by atoms with Gasteiger partial charge < -0.3 is 11.1 Å². The predicted molar refractivity (Wildman–Crippen MR) is 74.6 cm³/mol. The lowest BCUT2D eigenvalue weighted by atomic mass is 10.3. The van der Waals surface area contributed by atoms with Gasteiger partial charge in [0.2, 0.25) is 0 Å². The Hall–Kier alpha value is -0.300. The predicted octanol–water partition coefficient (Wildman–Crippen LogP) is 3.01. The van der Waals surface area contributed by atoms with Gasteiger partial charge in [0.15, 0.2) is 0 Å². The second-order valence-electron chi connectivity index (χ2n) is 2.26. The number of para-hydroxylation sites is 1. The fraction of sp³-hybridized carbons (Fsp3) is 0. The summed E-state index contributed by atoms with van der Waals surface area (Å²) in [5.41, 5.74) is 6.29. The van der Waals surface area contributed by atoms with E-state index in [1.54, 1.807) is 0 Å². The molecule has 0 bridgehead atoms. The maximum Gasteiger partial charge on any atom is 0.149 e. The quantitative estimate of drug-likeness (QED) is 0.597. The zero-order valence-electron chi connectivity index (χ0n) is 7.10. The summed E-state index contributed by atoms with van der Waals surface area (Å²) >= 11 is 9.78. The fourth-order valence-electron chi connectivity index (χ4n) is 0.739. The summed E-state index contributed by atoms with van der Waals surface area (Å²) in [7, 11) is 2.63. The molecule has 2 nitrogen and oxygen atoms in total. The van der Waals surface area contributed by atoms with Gasteiger partial charge in [-0.25, -0.2) is 0 Å². The smallest absolute Gasteiger partial charge is 0.149 e. The Bertz CT molecular complexity index is 325. The van der Waals surface area contributed by atoms with Gasteiger partial charge in [0, 0.05) is 5.69 Å². The van der Waals surface area contributed by atoms with E-state index < -0.39 is 0 Å². The molecule has 0 aliphatic carbocycles. The van der Waals surface area contributed by atoms with Gasteiger partial charge in [-0.2, -0.15) is 0 Å². The lowest BCUT2D eigenvalue weighted by Gasteiger charge is -2.05. The highest BCUT2D eigenvalue weighted by atomic mass is 33.1. The van der Waals surface area contributed by atoms with Gasteiger partial charge in [0.05, 0.1) is 0 Å². The van der Waals surface area contributed by atoms with Gasteiger partial charge in [0.25, 0.3) is 0 Å². The van der Waals surface area contributed by atoms with Crippen molar-refractivity contribution in [2.45, 2.75) is 0 Å². The Labute approximate surface area is 101 Å². The van der Waals surface area contributed by atoms with E-state index in [0.29, 0.717) is 8.64 Å². The zero-order chi connectivity index (χ0) is 10.4. The van der Waals surface area contributed by atoms with Crippen LogP contribution >= 0.6 is 46.0 Å². The second kappa shape index (κ2) is 6.23. The number of anilines is 1. The fourth-order valence-corrected chi connectivity index (χ4v) is 2.39. The highest BCUT2D eigenvalue weighted by Crippen LogP contribution is 2.23. The van der Waals surface area contributed by atoms with Crippen molar-refractivity contribution < 1.29 is 0 Å². The minimum absolute atomic E-state index is 0.382. The van der Waals surface area contributed by atoms with E-state index in [-0.39, 0.29) is 0 Å². The van der Waals surface area contributed by atoms with Crippen LogP contribution in [0, 0.1) is 0 Å². The first-order valence-corrected chi connectivity index (χ1v) is 6.65. The van der Waals surface area contributed by atoms with E-state index in [9.17, 15) is 0 Å². The number of nitrogens with one attached hydrogen (secondary N) is 1. The first-order valence-electron chi connectivity index (χ1n) is 3.68. The molecule has 1 aromatic carbocycles. The van der Waals surface area contributed by atoms with Gasteiger partial charge >= 0.3 is 0 Å². The number of nitrogens with two attached hydrogens (primary N) is 1. The number of hydrogen-bond acceptors (Lipinski definition) is 4. The molecular formula is C8H8N2S4. The molecule has 1 rings (SSSR count). The van der Waals surface area contributed by atoms with Crippen molar-refractivity contribution in [1.82, 2.24) is 0 Å². The topological polar surface area (TPSA) is 38.0 Å². The summed E-state index contributed by atoms with van der Waals surface area (Å²) in [6, 6.07) is 9.72. The maximum atomic E-state index is 5.32. The Morgan fingerprint density at radius 1 is 1.14 bits per heavy atom. The maximum absolute atomic E-state index is 5.32. The summed E-state index contributed by atoms with van der Waals surface area (Å²) in [5.74, 6) is 0. The van der Waals surface area contributed by atoms with Crippen molar-refractivity contribution in [3.8, 4) is 0 Å². The van der Waals surface area contributed by atoms with E-state index in [0.717, 1.165) is 5.69 Å². The van der Waals surface area contributed by atoms with E-state index in [4.69, 9.17) is 30.2 Å². The highest BCUT2D eigenvalue weighted by molar-refractivity contribution is 8.89. The van der Waals surface area contributed by atoms with Gasteiger partial charge in [-0.05, 0) is 33.7 Å². The van der Waals surface area contributed by atoms with E-state index in [1.165, 1.54) is 21.6 Å². The highest BCUT2D eigenvalue weighted by Gasteiger charge is 1.99. The van der Waals surface area contributed by atoms with Crippen molar-refractivity contribution in [3.05, 3.63) is 30.3 Å². The molecule has 0 amide bonds. The van der Waals surface area contributed by atoms with Crippen LogP contribution in [0.4, 0.5) is 5.69 Å². The molecule has 0 saturated heterocycles. The lowest BCUT2D eigenvalue weighted by Crippen LogP contribution is -2.05. The number of hydrogen-bond donors (Lipinski definition) is 2. The summed E-state index contributed by atoms with van der Waals surface area (Å²) in [4.78, 5) is 0. The number of rotatable bonds is 1. The Balaban J connectivity index is 2.38. The molecule has 0 atom stereocenters. The van der Waals surface area contributed by atoms with Gasteiger partial charge in [-0.1, -0.05) is 42.6 Å². The van der Waals surface area contributed by atoms with E-state index >= 15 is 0 Å². The largest absolute Gasteiger partial charge is 0.384 e. The van der Waals surface area contributed by atoms with Crippen LogP contribution in [-0.2, 0) is 0 Å². The first-order chi connectivity index (χ1) is 6.68. The molecule has 3 N–H and O–H groups in total. The van der Waals surface area contributed by atoms with E-state index in [1.807, 2.05) is 30.3 Å². The molecule has 74 valence electrons. The molecule has 0 spiro atoms. The molecule has 0 aliphatic rings. The molecule has 0 radical (unpaired) electrons. The van der Waals surface area contributed by atoms with Gasteiger partial charge in [0.1, 0.15) is 8.64 Å². The van der Waals surface area contributed by atoms with Crippen molar-refractivity contribution in [2.75, 3.05) is 5.32 Å². The molecule has 0 aliphatic heterocycles. The minimum atomic E-state index is 0.382. The van der Waals surface area contributed by atoms with Crippen LogP contribution in [0.1, 0.15) is 0 Å². The minimum Gasteiger partial charge on any atom is -0.384 e. The van der Waals surface area contributed by atoms with Crippen LogP contribution in [0.3, 0.4) is 0 Å². The molecule has 0 fully saturated rings. The van der Waals surface area contributed by atoms with E-state index in [2.05, 4.69) is 5.32 Å². The van der Waals surface area contributed by atoms with Crippen LogP contribution in [0.2, 0.25) is 0 Å². The Kier molecular flexibility index (Phi) is 5.24. The Morgan fingerprint density at radius 3 is 2.36 bits per heavy atom. The molecule has 0 aromatic heterocycles. The lowest BCUT2D eigenvalue weighted by molar-refractivity contribution is 1.66. The van der Waals surface area contributed by atoms with Crippen LogP contribution in [0.5, 0.6) is 0 Å². The standard InChI is InChI=1S/C8H8N2S4/c9-7(11)13-14-8(12)10-6-4-2-1-3-5-6/h1-5H,(H2,9,11)(H,10,12). The van der Waals surface area contributed by atoms with Crippen LogP contribution in [0.25, 0.3) is 0 Å². The molecule has 0 unspecified atom stereocenters. The molecule has 0 heterocycles. The van der Waals surface area contributed by atoms with Crippen LogP contribution in [0.15, 0.2) is 30.3 Å². The van der Waals surface area contributed by atoms with Crippen LogP contribution < -0.4 is 11.1 Å². The molecule has 1 aromatic rings. The summed E-state index contributed by atoms with van der Waals surface area (Å²) in [6.07, 6.45) is 0. The normalized spacial score (nSPS) is 9.43. The van der Waals surface area contributed by atoms with Gasteiger partial charge in [-0.15, -0.1) is 0 Å². The third kappa shape index (κ3) is 4.80. The number of benzene rings is 1. The average molecular weight is 260 g/mol. The molecule has 6 heteroatoms. The van der Waals surface area contributed by atoms with Crippen molar-refractivity contribution in [2.24, 2.45) is 5.73 Å². The molecular weight excluding hydrogens is 252 g/mol. The van der Waals surface area contributed by atoms with Crippen molar-refractivity contribution in [3.63, 3.8) is 0 Å². The van der Waals surface area contributed by atoms with Crippen molar-refractivity contribution >= 4 is 60.4 Å². The van der Waals surface area contributed by atoms with Crippen LogP contribution in [-0.4, -0.2) is 8.64 Å². The summed E-state index contributed by atoms with van der Waals surface area (Å²) < 4.78 is 1.03. The average Bonchev–Trinajstić information content (AvgIpc) is 2.16.